The standard InChI is InChI=1S/C11H12F2O3S/c12-8-1-2-9(10(13)5-8)11(14)7-3-4-17(15,16)6-7/h1-2,5,7,11,14H,3-4,6H2. The van der Waals surface area contributed by atoms with Crippen LogP contribution in [0, 0.1) is 17.6 Å². The third-order valence-electron chi connectivity index (χ3n) is 3.00. The molecule has 6 heteroatoms. The van der Waals surface area contributed by atoms with Crippen LogP contribution in [0.1, 0.15) is 18.1 Å². The molecule has 1 aliphatic rings. The van der Waals surface area contributed by atoms with E-state index in [9.17, 15) is 22.3 Å². The van der Waals surface area contributed by atoms with E-state index in [1.807, 2.05) is 0 Å². The molecule has 1 aromatic rings. The van der Waals surface area contributed by atoms with Gasteiger partial charge in [0.1, 0.15) is 11.6 Å². The topological polar surface area (TPSA) is 54.4 Å². The van der Waals surface area contributed by atoms with Crippen LogP contribution in [0.25, 0.3) is 0 Å². The van der Waals surface area contributed by atoms with Crippen molar-refractivity contribution in [1.29, 1.82) is 0 Å². The molecule has 1 heterocycles. The zero-order valence-electron chi connectivity index (χ0n) is 8.94. The quantitative estimate of drug-likeness (QED) is 0.877. The number of rotatable bonds is 2. The summed E-state index contributed by atoms with van der Waals surface area (Å²) in [7, 11) is -3.13. The van der Waals surface area contributed by atoms with E-state index in [4.69, 9.17) is 0 Å². The summed E-state index contributed by atoms with van der Waals surface area (Å²) in [4.78, 5) is 0. The number of aliphatic hydroxyl groups is 1. The molecule has 1 aliphatic heterocycles. The summed E-state index contributed by atoms with van der Waals surface area (Å²) < 4.78 is 48.6. The van der Waals surface area contributed by atoms with Crippen LogP contribution < -0.4 is 0 Å². The third-order valence-corrected chi connectivity index (χ3v) is 4.79. The maximum atomic E-state index is 13.4. The molecule has 0 spiro atoms. The van der Waals surface area contributed by atoms with Crippen molar-refractivity contribution in [3.63, 3.8) is 0 Å². The van der Waals surface area contributed by atoms with Gasteiger partial charge < -0.3 is 5.11 Å². The highest BCUT2D eigenvalue weighted by atomic mass is 32.2. The number of halogens is 2. The van der Waals surface area contributed by atoms with Gasteiger partial charge in [0.2, 0.25) is 0 Å². The van der Waals surface area contributed by atoms with E-state index in [0.717, 1.165) is 12.1 Å². The maximum Gasteiger partial charge on any atom is 0.150 e. The van der Waals surface area contributed by atoms with Crippen LogP contribution in [0.15, 0.2) is 18.2 Å². The minimum absolute atomic E-state index is 0.0114. The van der Waals surface area contributed by atoms with Crippen molar-refractivity contribution in [3.05, 3.63) is 35.4 Å². The van der Waals surface area contributed by atoms with Gasteiger partial charge in [-0.2, -0.15) is 0 Å². The Labute approximate surface area is 98.0 Å². The molecule has 94 valence electrons. The Kier molecular flexibility index (Phi) is 3.18. The van der Waals surface area contributed by atoms with E-state index in [1.54, 1.807) is 0 Å². The molecule has 1 aromatic carbocycles. The predicted octanol–water partition coefficient (Wildman–Crippen LogP) is 1.43. The highest BCUT2D eigenvalue weighted by Gasteiger charge is 2.34. The molecule has 17 heavy (non-hydrogen) atoms. The summed E-state index contributed by atoms with van der Waals surface area (Å²) in [6, 6.07) is 2.88. The van der Waals surface area contributed by atoms with E-state index >= 15 is 0 Å². The lowest BCUT2D eigenvalue weighted by Gasteiger charge is -2.17. The van der Waals surface area contributed by atoms with Gasteiger partial charge in [-0.15, -0.1) is 0 Å². The molecule has 1 saturated heterocycles. The molecule has 1 fully saturated rings. The summed E-state index contributed by atoms with van der Waals surface area (Å²) >= 11 is 0. The second-order valence-electron chi connectivity index (χ2n) is 4.27. The Balaban J connectivity index is 2.23. The van der Waals surface area contributed by atoms with Crippen molar-refractivity contribution in [3.8, 4) is 0 Å². The highest BCUT2D eigenvalue weighted by molar-refractivity contribution is 7.91. The normalized spacial score (nSPS) is 24.8. The Morgan fingerprint density at radius 3 is 2.59 bits per heavy atom. The maximum absolute atomic E-state index is 13.4. The Morgan fingerprint density at radius 2 is 2.06 bits per heavy atom. The molecule has 0 saturated carbocycles. The van der Waals surface area contributed by atoms with Crippen molar-refractivity contribution < 1.29 is 22.3 Å². The van der Waals surface area contributed by atoms with E-state index in [-0.39, 0.29) is 17.1 Å². The predicted molar refractivity (Wildman–Crippen MR) is 58.1 cm³/mol. The van der Waals surface area contributed by atoms with E-state index < -0.39 is 33.5 Å². The Hall–Kier alpha value is -1.01. The van der Waals surface area contributed by atoms with Gasteiger partial charge in [-0.1, -0.05) is 6.07 Å². The van der Waals surface area contributed by atoms with Crippen LogP contribution in [0.4, 0.5) is 8.78 Å². The number of aliphatic hydroxyl groups excluding tert-OH is 1. The summed E-state index contributed by atoms with van der Waals surface area (Å²) in [5, 5.41) is 9.90. The van der Waals surface area contributed by atoms with Crippen molar-refractivity contribution in [1.82, 2.24) is 0 Å². The molecular formula is C11H12F2O3S. The fraction of sp³-hybridized carbons (Fsp3) is 0.455. The minimum atomic E-state index is -3.13. The molecule has 2 atom stereocenters. The lowest BCUT2D eigenvalue weighted by Crippen LogP contribution is -2.15. The number of sulfone groups is 1. The Bertz CT molecular complexity index is 528. The largest absolute Gasteiger partial charge is 0.388 e. The molecule has 0 radical (unpaired) electrons. The van der Waals surface area contributed by atoms with E-state index in [0.29, 0.717) is 12.5 Å². The Morgan fingerprint density at radius 1 is 1.35 bits per heavy atom. The van der Waals surface area contributed by atoms with Crippen LogP contribution >= 0.6 is 0 Å². The fourth-order valence-corrected chi connectivity index (χ4v) is 3.90. The van der Waals surface area contributed by atoms with Crippen LogP contribution in [0.5, 0.6) is 0 Å². The molecule has 0 aliphatic carbocycles. The van der Waals surface area contributed by atoms with Crippen LogP contribution in [0.3, 0.4) is 0 Å². The molecule has 0 amide bonds. The average Bonchev–Trinajstić information content (AvgIpc) is 2.58. The average molecular weight is 262 g/mol. The van der Waals surface area contributed by atoms with Crippen LogP contribution in [-0.2, 0) is 9.84 Å². The molecular weight excluding hydrogens is 250 g/mol. The number of hydrogen-bond donors (Lipinski definition) is 1. The zero-order valence-corrected chi connectivity index (χ0v) is 9.75. The number of benzene rings is 1. The summed E-state index contributed by atoms with van der Waals surface area (Å²) in [6.07, 6.45) is -0.895. The van der Waals surface area contributed by atoms with Crippen LogP contribution in [-0.4, -0.2) is 25.0 Å². The second kappa shape index (κ2) is 4.34. The summed E-state index contributed by atoms with van der Waals surface area (Å²) in [6.45, 7) is 0. The SMILES string of the molecule is O=S1(=O)CCC(C(O)c2ccc(F)cc2F)C1. The van der Waals surface area contributed by atoms with Gasteiger partial charge >= 0.3 is 0 Å². The van der Waals surface area contributed by atoms with Gasteiger partial charge in [0.05, 0.1) is 17.6 Å². The smallest absolute Gasteiger partial charge is 0.150 e. The van der Waals surface area contributed by atoms with E-state index in [2.05, 4.69) is 0 Å². The lowest BCUT2D eigenvalue weighted by molar-refractivity contribution is 0.117. The van der Waals surface area contributed by atoms with Crippen molar-refractivity contribution in [2.24, 2.45) is 5.92 Å². The summed E-state index contributed by atoms with van der Waals surface area (Å²) in [5.74, 6) is -2.22. The van der Waals surface area contributed by atoms with Gasteiger partial charge in [-0.3, -0.25) is 0 Å². The zero-order chi connectivity index (χ0) is 12.6. The molecule has 3 nitrogen and oxygen atoms in total. The van der Waals surface area contributed by atoms with E-state index in [1.165, 1.54) is 0 Å². The first kappa shape index (κ1) is 12.4. The monoisotopic (exact) mass is 262 g/mol. The lowest BCUT2D eigenvalue weighted by atomic mass is 9.95. The van der Waals surface area contributed by atoms with Gasteiger partial charge in [-0.25, -0.2) is 17.2 Å². The molecule has 2 rings (SSSR count). The molecule has 1 N–H and O–H groups in total. The van der Waals surface area contributed by atoms with Gasteiger partial charge in [-0.05, 0) is 12.5 Å². The van der Waals surface area contributed by atoms with Crippen molar-refractivity contribution in [2.45, 2.75) is 12.5 Å². The first-order valence-electron chi connectivity index (χ1n) is 5.22. The van der Waals surface area contributed by atoms with Crippen LogP contribution in [0.2, 0.25) is 0 Å². The van der Waals surface area contributed by atoms with Crippen molar-refractivity contribution in [2.75, 3.05) is 11.5 Å². The second-order valence-corrected chi connectivity index (χ2v) is 6.50. The molecule has 2 unspecified atom stereocenters. The fourth-order valence-electron chi connectivity index (χ4n) is 2.07. The minimum Gasteiger partial charge on any atom is -0.388 e. The molecule has 0 bridgehead atoms. The third kappa shape index (κ3) is 2.63. The first-order chi connectivity index (χ1) is 7.89. The number of hydrogen-bond acceptors (Lipinski definition) is 3. The van der Waals surface area contributed by atoms with Crippen molar-refractivity contribution >= 4 is 9.84 Å². The van der Waals surface area contributed by atoms with Gasteiger partial charge in [0, 0.05) is 17.5 Å². The highest BCUT2D eigenvalue weighted by Crippen LogP contribution is 2.32. The van der Waals surface area contributed by atoms with Gasteiger partial charge in [0.25, 0.3) is 0 Å². The molecule has 0 aromatic heterocycles. The summed E-state index contributed by atoms with van der Waals surface area (Å²) in [5.41, 5.74) is -0.0477. The van der Waals surface area contributed by atoms with Gasteiger partial charge in [0.15, 0.2) is 9.84 Å². The first-order valence-corrected chi connectivity index (χ1v) is 7.04.